The first-order valence-electron chi connectivity index (χ1n) is 5.64. The van der Waals surface area contributed by atoms with Crippen LogP contribution < -0.4 is 0 Å². The Morgan fingerprint density at radius 1 is 1.06 bits per heavy atom. The summed E-state index contributed by atoms with van der Waals surface area (Å²) in [5, 5.41) is 0. The fourth-order valence-corrected chi connectivity index (χ4v) is 1.14. The van der Waals surface area contributed by atoms with Crippen molar-refractivity contribution in [2.24, 2.45) is 5.92 Å². The van der Waals surface area contributed by atoms with Crippen LogP contribution in [0.3, 0.4) is 0 Å². The first kappa shape index (κ1) is 16.1. The maximum Gasteiger partial charge on any atom is 0.330 e. The van der Waals surface area contributed by atoms with Crippen molar-refractivity contribution in [2.45, 2.75) is 20.3 Å². The first-order valence-corrected chi connectivity index (χ1v) is 5.64. The second kappa shape index (κ2) is 9.21. The van der Waals surface area contributed by atoms with Crippen LogP contribution >= 0.6 is 0 Å². The molecule has 0 aromatic heterocycles. The van der Waals surface area contributed by atoms with Crippen LogP contribution in [-0.2, 0) is 28.6 Å². The Bertz CT molecular complexity index is 303. The summed E-state index contributed by atoms with van der Waals surface area (Å²) < 4.78 is 13.9. The minimum Gasteiger partial charge on any atom is -0.466 e. The Morgan fingerprint density at radius 3 is 1.94 bits per heavy atom. The van der Waals surface area contributed by atoms with Gasteiger partial charge in [0.25, 0.3) is 0 Å². The van der Waals surface area contributed by atoms with Gasteiger partial charge < -0.3 is 14.2 Å². The van der Waals surface area contributed by atoms with Gasteiger partial charge in [-0.1, -0.05) is 6.08 Å². The van der Waals surface area contributed by atoms with Gasteiger partial charge in [-0.15, -0.1) is 0 Å². The van der Waals surface area contributed by atoms with Gasteiger partial charge in [-0.25, -0.2) is 4.79 Å². The number of esters is 3. The maximum atomic E-state index is 11.5. The molecule has 0 fully saturated rings. The van der Waals surface area contributed by atoms with Crippen LogP contribution in [0.15, 0.2) is 12.2 Å². The van der Waals surface area contributed by atoms with Gasteiger partial charge in [-0.2, -0.15) is 0 Å². The molecule has 0 heterocycles. The quantitative estimate of drug-likeness (QED) is 0.291. The van der Waals surface area contributed by atoms with Crippen molar-refractivity contribution in [3.63, 3.8) is 0 Å². The van der Waals surface area contributed by atoms with E-state index in [1.165, 1.54) is 13.2 Å². The lowest BCUT2D eigenvalue weighted by Crippen LogP contribution is -2.27. The topological polar surface area (TPSA) is 78.9 Å². The Kier molecular flexibility index (Phi) is 8.26. The molecular formula is C12H18O6. The van der Waals surface area contributed by atoms with E-state index in [0.717, 1.165) is 6.08 Å². The highest BCUT2D eigenvalue weighted by Crippen LogP contribution is 2.10. The molecule has 0 aliphatic heterocycles. The number of ether oxygens (including phenoxy) is 3. The molecule has 0 unspecified atom stereocenters. The van der Waals surface area contributed by atoms with Crippen molar-refractivity contribution in [1.82, 2.24) is 0 Å². The number of carbonyl (C=O) groups is 3. The average molecular weight is 258 g/mol. The van der Waals surface area contributed by atoms with Gasteiger partial charge >= 0.3 is 17.9 Å². The zero-order chi connectivity index (χ0) is 14.0. The third kappa shape index (κ3) is 6.03. The largest absolute Gasteiger partial charge is 0.466 e. The van der Waals surface area contributed by atoms with E-state index in [9.17, 15) is 14.4 Å². The van der Waals surface area contributed by atoms with Crippen LogP contribution in [0.2, 0.25) is 0 Å². The molecule has 0 atom stereocenters. The van der Waals surface area contributed by atoms with E-state index in [0.29, 0.717) is 0 Å². The van der Waals surface area contributed by atoms with E-state index in [4.69, 9.17) is 9.47 Å². The average Bonchev–Trinajstić information content (AvgIpc) is 2.34. The summed E-state index contributed by atoms with van der Waals surface area (Å²) in [5.74, 6) is -2.93. The van der Waals surface area contributed by atoms with Crippen molar-refractivity contribution in [1.29, 1.82) is 0 Å². The lowest BCUT2D eigenvalue weighted by atomic mass is 10.1. The third-order valence-electron chi connectivity index (χ3n) is 1.97. The number of hydrogen-bond acceptors (Lipinski definition) is 6. The van der Waals surface area contributed by atoms with Gasteiger partial charge in [0.1, 0.15) is 0 Å². The highest BCUT2D eigenvalue weighted by Gasteiger charge is 2.28. The third-order valence-corrected chi connectivity index (χ3v) is 1.97. The standard InChI is InChI=1S/C12H18O6/c1-4-17-11(14)9(12(15)18-5-2)7-6-8-10(13)16-3/h6,8-9H,4-5,7H2,1-3H3/b8-6+. The van der Waals surface area contributed by atoms with Crippen molar-refractivity contribution in [2.75, 3.05) is 20.3 Å². The molecule has 18 heavy (non-hydrogen) atoms. The molecule has 0 aliphatic rings. The Balaban J connectivity index is 4.56. The second-order valence-electron chi connectivity index (χ2n) is 3.22. The molecule has 6 heteroatoms. The molecule has 0 amide bonds. The summed E-state index contributed by atoms with van der Waals surface area (Å²) in [5.41, 5.74) is 0. The normalized spacial score (nSPS) is 10.4. The summed E-state index contributed by atoms with van der Waals surface area (Å²) in [4.78, 5) is 33.9. The molecule has 102 valence electrons. The molecule has 0 aromatic carbocycles. The van der Waals surface area contributed by atoms with E-state index < -0.39 is 23.8 Å². The molecule has 0 radical (unpaired) electrons. The van der Waals surface area contributed by atoms with Gasteiger partial charge in [-0.05, 0) is 20.3 Å². The minimum atomic E-state index is -1.05. The summed E-state index contributed by atoms with van der Waals surface area (Å²) in [6.45, 7) is 3.64. The molecule has 0 saturated carbocycles. The highest BCUT2D eigenvalue weighted by molar-refractivity contribution is 5.95. The summed E-state index contributed by atoms with van der Waals surface area (Å²) in [7, 11) is 1.24. The van der Waals surface area contributed by atoms with E-state index >= 15 is 0 Å². The molecule has 0 bridgehead atoms. The summed E-state index contributed by atoms with van der Waals surface area (Å²) in [6.07, 6.45) is 2.56. The number of rotatable bonds is 7. The Labute approximate surface area is 106 Å². The molecule has 0 rings (SSSR count). The minimum absolute atomic E-state index is 0.0345. The highest BCUT2D eigenvalue weighted by atomic mass is 16.6. The lowest BCUT2D eigenvalue weighted by molar-refractivity contribution is -0.161. The first-order chi connectivity index (χ1) is 8.56. The summed E-state index contributed by atoms with van der Waals surface area (Å²) >= 11 is 0. The van der Waals surface area contributed by atoms with E-state index in [1.54, 1.807) is 13.8 Å². The number of allylic oxidation sites excluding steroid dienone is 1. The van der Waals surface area contributed by atoms with Gasteiger partial charge in [0.15, 0.2) is 5.92 Å². The van der Waals surface area contributed by atoms with Crippen LogP contribution in [0, 0.1) is 5.92 Å². The van der Waals surface area contributed by atoms with Crippen LogP contribution in [0.25, 0.3) is 0 Å². The van der Waals surface area contributed by atoms with Crippen molar-refractivity contribution in [3.8, 4) is 0 Å². The SMILES string of the molecule is CCOC(=O)C(C/C=C/C(=O)OC)C(=O)OCC. The van der Waals surface area contributed by atoms with Gasteiger partial charge in [0, 0.05) is 6.08 Å². The van der Waals surface area contributed by atoms with Crippen LogP contribution in [0.5, 0.6) is 0 Å². The predicted octanol–water partition coefficient (Wildman–Crippen LogP) is 0.848. The smallest absolute Gasteiger partial charge is 0.330 e. The van der Waals surface area contributed by atoms with Crippen molar-refractivity contribution < 1.29 is 28.6 Å². The molecule has 0 saturated heterocycles. The summed E-state index contributed by atoms with van der Waals surface area (Å²) in [6, 6.07) is 0. The zero-order valence-corrected chi connectivity index (χ0v) is 10.8. The molecule has 6 nitrogen and oxygen atoms in total. The van der Waals surface area contributed by atoms with Crippen LogP contribution in [0.4, 0.5) is 0 Å². The van der Waals surface area contributed by atoms with Crippen molar-refractivity contribution >= 4 is 17.9 Å². The van der Waals surface area contributed by atoms with Crippen molar-refractivity contribution in [3.05, 3.63) is 12.2 Å². The zero-order valence-electron chi connectivity index (χ0n) is 10.8. The lowest BCUT2D eigenvalue weighted by Gasteiger charge is -2.12. The number of hydrogen-bond donors (Lipinski definition) is 0. The molecule has 0 N–H and O–H groups in total. The fourth-order valence-electron chi connectivity index (χ4n) is 1.14. The Hall–Kier alpha value is -1.85. The molecule has 0 aromatic rings. The maximum absolute atomic E-state index is 11.5. The van der Waals surface area contributed by atoms with Crippen LogP contribution in [0.1, 0.15) is 20.3 Å². The fraction of sp³-hybridized carbons (Fsp3) is 0.583. The van der Waals surface area contributed by atoms with E-state index in [2.05, 4.69) is 4.74 Å². The van der Waals surface area contributed by atoms with E-state index in [1.807, 2.05) is 0 Å². The van der Waals surface area contributed by atoms with Gasteiger partial charge in [0.05, 0.1) is 20.3 Å². The number of methoxy groups -OCH3 is 1. The Morgan fingerprint density at radius 2 is 1.56 bits per heavy atom. The van der Waals surface area contributed by atoms with E-state index in [-0.39, 0.29) is 19.6 Å². The predicted molar refractivity (Wildman–Crippen MR) is 62.5 cm³/mol. The van der Waals surface area contributed by atoms with Gasteiger partial charge in [-0.3, -0.25) is 9.59 Å². The second-order valence-corrected chi connectivity index (χ2v) is 3.22. The molecular weight excluding hydrogens is 240 g/mol. The molecule has 0 spiro atoms. The van der Waals surface area contributed by atoms with Crippen LogP contribution in [-0.4, -0.2) is 38.2 Å². The number of carbonyl (C=O) groups excluding carboxylic acids is 3. The monoisotopic (exact) mass is 258 g/mol. The van der Waals surface area contributed by atoms with Gasteiger partial charge in [0.2, 0.25) is 0 Å². The molecule has 0 aliphatic carbocycles.